The molecule has 20 heavy (non-hydrogen) atoms. The molecule has 3 rings (SSSR count). The van der Waals surface area contributed by atoms with Gasteiger partial charge in [0.15, 0.2) is 11.5 Å². The van der Waals surface area contributed by atoms with Gasteiger partial charge in [0.25, 0.3) is 5.91 Å². The van der Waals surface area contributed by atoms with Crippen LogP contribution in [0.1, 0.15) is 25.3 Å². The molecular formula is C15H15NO4. The lowest BCUT2D eigenvalue weighted by Crippen LogP contribution is -2.19. The van der Waals surface area contributed by atoms with Gasteiger partial charge in [-0.05, 0) is 30.2 Å². The molecule has 0 aliphatic carbocycles. The van der Waals surface area contributed by atoms with Crippen LogP contribution in [-0.2, 0) is 9.59 Å². The molecule has 0 saturated carbocycles. The van der Waals surface area contributed by atoms with Gasteiger partial charge in [-0.15, -0.1) is 0 Å². The number of ether oxygens (including phenoxy) is 2. The fourth-order valence-corrected chi connectivity index (χ4v) is 2.36. The van der Waals surface area contributed by atoms with E-state index in [1.807, 2.05) is 25.1 Å². The smallest absolute Gasteiger partial charge is 0.254 e. The van der Waals surface area contributed by atoms with Gasteiger partial charge in [-0.2, -0.15) is 0 Å². The van der Waals surface area contributed by atoms with Crippen LogP contribution in [0.25, 0.3) is 5.57 Å². The zero-order chi connectivity index (χ0) is 14.1. The summed E-state index contributed by atoms with van der Waals surface area (Å²) in [5.74, 6) is 0.846. The average molecular weight is 273 g/mol. The first-order valence-electron chi connectivity index (χ1n) is 6.59. The molecule has 0 unspecified atom stereocenters. The first-order valence-corrected chi connectivity index (χ1v) is 6.59. The monoisotopic (exact) mass is 273 g/mol. The predicted octanol–water partition coefficient (Wildman–Crippen LogP) is 1.67. The zero-order valence-corrected chi connectivity index (χ0v) is 11.2. The van der Waals surface area contributed by atoms with Crippen LogP contribution in [-0.4, -0.2) is 25.0 Å². The first-order chi connectivity index (χ1) is 9.65. The summed E-state index contributed by atoms with van der Waals surface area (Å²) in [4.78, 5) is 23.0. The Labute approximate surface area is 116 Å². The van der Waals surface area contributed by atoms with Crippen molar-refractivity contribution in [2.24, 2.45) is 0 Å². The zero-order valence-electron chi connectivity index (χ0n) is 11.2. The Bertz CT molecular complexity index is 618. The number of fused-ring (bicyclic) bond motifs is 1. The summed E-state index contributed by atoms with van der Waals surface area (Å²) in [5.41, 5.74) is 2.18. The lowest BCUT2D eigenvalue weighted by molar-refractivity contribution is -0.124. The van der Waals surface area contributed by atoms with Crippen molar-refractivity contribution in [2.75, 3.05) is 13.2 Å². The molecule has 1 aromatic rings. The third-order valence-corrected chi connectivity index (χ3v) is 3.50. The summed E-state index contributed by atoms with van der Waals surface area (Å²) in [7, 11) is 0. The van der Waals surface area contributed by atoms with E-state index in [1.54, 1.807) is 0 Å². The van der Waals surface area contributed by atoms with Gasteiger partial charge in [0, 0.05) is 12.0 Å². The molecule has 1 saturated heterocycles. The molecule has 0 radical (unpaired) electrons. The topological polar surface area (TPSA) is 64.6 Å². The molecule has 0 spiro atoms. The Hall–Kier alpha value is -2.30. The van der Waals surface area contributed by atoms with Gasteiger partial charge in [-0.3, -0.25) is 14.9 Å². The maximum absolute atomic E-state index is 11.7. The number of amides is 2. The highest BCUT2D eigenvalue weighted by atomic mass is 16.5. The Balaban J connectivity index is 1.98. The summed E-state index contributed by atoms with van der Waals surface area (Å²) in [6.07, 6.45) is 0.986. The van der Waals surface area contributed by atoms with E-state index in [2.05, 4.69) is 5.32 Å². The number of rotatable bonds is 1. The van der Waals surface area contributed by atoms with Gasteiger partial charge in [0.2, 0.25) is 5.91 Å². The summed E-state index contributed by atoms with van der Waals surface area (Å²) in [6.45, 7) is 3.10. The molecule has 0 bridgehead atoms. The number of allylic oxidation sites excluding steroid dienone is 1. The van der Waals surface area contributed by atoms with E-state index >= 15 is 0 Å². The summed E-state index contributed by atoms with van der Waals surface area (Å²) < 4.78 is 11.2. The van der Waals surface area contributed by atoms with Crippen molar-refractivity contribution in [1.82, 2.24) is 5.32 Å². The Morgan fingerprint density at radius 1 is 1.15 bits per heavy atom. The summed E-state index contributed by atoms with van der Waals surface area (Å²) >= 11 is 0. The molecule has 5 nitrogen and oxygen atoms in total. The van der Waals surface area contributed by atoms with Gasteiger partial charge in [0.1, 0.15) is 0 Å². The third kappa shape index (κ3) is 2.27. The molecule has 2 amide bonds. The normalized spacial score (nSPS) is 20.4. The minimum Gasteiger partial charge on any atom is -0.490 e. The average Bonchev–Trinajstić information content (AvgIpc) is 2.65. The Kier molecular flexibility index (Phi) is 3.18. The van der Waals surface area contributed by atoms with Crippen molar-refractivity contribution in [3.05, 3.63) is 29.3 Å². The molecule has 2 aliphatic rings. The quantitative estimate of drug-likeness (QED) is 0.624. The fraction of sp³-hybridized carbons (Fsp3) is 0.333. The second kappa shape index (κ2) is 5.00. The van der Waals surface area contributed by atoms with Crippen LogP contribution in [0.15, 0.2) is 23.8 Å². The SMILES string of the molecule is CC(=C1CC(=O)NC1=O)c1ccc2c(c1)OCCCO2. The van der Waals surface area contributed by atoms with Crippen LogP contribution in [0.4, 0.5) is 0 Å². The standard InChI is InChI=1S/C15H15NO4/c1-9(11-8-14(17)16-15(11)18)10-3-4-12-13(7-10)20-6-2-5-19-12/h3-4,7H,2,5-6,8H2,1H3,(H,16,17,18). The van der Waals surface area contributed by atoms with Gasteiger partial charge in [0.05, 0.1) is 19.6 Å². The first kappa shape index (κ1) is 12.7. The van der Waals surface area contributed by atoms with Crippen molar-refractivity contribution in [2.45, 2.75) is 19.8 Å². The van der Waals surface area contributed by atoms with Crippen molar-refractivity contribution in [1.29, 1.82) is 0 Å². The summed E-state index contributed by atoms with van der Waals surface area (Å²) in [6, 6.07) is 5.58. The van der Waals surface area contributed by atoms with E-state index in [9.17, 15) is 9.59 Å². The third-order valence-electron chi connectivity index (χ3n) is 3.50. The fourth-order valence-electron chi connectivity index (χ4n) is 2.36. The van der Waals surface area contributed by atoms with Crippen molar-refractivity contribution >= 4 is 17.4 Å². The van der Waals surface area contributed by atoms with Crippen LogP contribution in [0, 0.1) is 0 Å². The largest absolute Gasteiger partial charge is 0.490 e. The maximum atomic E-state index is 11.7. The molecule has 0 aromatic heterocycles. The highest BCUT2D eigenvalue weighted by Crippen LogP contribution is 2.34. The Morgan fingerprint density at radius 3 is 2.60 bits per heavy atom. The maximum Gasteiger partial charge on any atom is 0.254 e. The molecule has 2 aliphatic heterocycles. The van der Waals surface area contributed by atoms with Gasteiger partial charge < -0.3 is 9.47 Å². The molecule has 104 valence electrons. The summed E-state index contributed by atoms with van der Waals surface area (Å²) in [5, 5.41) is 2.30. The van der Waals surface area contributed by atoms with Crippen LogP contribution >= 0.6 is 0 Å². The number of carbonyl (C=O) groups is 2. The second-order valence-corrected chi connectivity index (χ2v) is 4.87. The van der Waals surface area contributed by atoms with E-state index in [-0.39, 0.29) is 18.2 Å². The van der Waals surface area contributed by atoms with Crippen LogP contribution in [0.5, 0.6) is 11.5 Å². The van der Waals surface area contributed by atoms with Gasteiger partial charge in [-0.1, -0.05) is 6.07 Å². The molecule has 1 N–H and O–H groups in total. The van der Waals surface area contributed by atoms with E-state index < -0.39 is 0 Å². The number of nitrogens with one attached hydrogen (secondary N) is 1. The second-order valence-electron chi connectivity index (χ2n) is 4.87. The van der Waals surface area contributed by atoms with E-state index in [1.165, 1.54) is 0 Å². The van der Waals surface area contributed by atoms with Crippen LogP contribution in [0.2, 0.25) is 0 Å². The lowest BCUT2D eigenvalue weighted by atomic mass is 10.00. The van der Waals surface area contributed by atoms with Crippen LogP contribution in [0.3, 0.4) is 0 Å². The number of benzene rings is 1. The molecule has 1 fully saturated rings. The molecular weight excluding hydrogens is 258 g/mol. The van der Waals surface area contributed by atoms with Gasteiger partial charge in [-0.25, -0.2) is 0 Å². The molecule has 0 atom stereocenters. The number of imide groups is 1. The van der Waals surface area contributed by atoms with Crippen LogP contribution < -0.4 is 14.8 Å². The lowest BCUT2D eigenvalue weighted by Gasteiger charge is -2.10. The Morgan fingerprint density at radius 2 is 1.90 bits per heavy atom. The predicted molar refractivity (Wildman–Crippen MR) is 72.4 cm³/mol. The van der Waals surface area contributed by atoms with E-state index in [4.69, 9.17) is 9.47 Å². The molecule has 2 heterocycles. The van der Waals surface area contributed by atoms with E-state index in [0.717, 1.165) is 23.3 Å². The van der Waals surface area contributed by atoms with Crippen molar-refractivity contribution in [3.63, 3.8) is 0 Å². The minimum atomic E-state index is -0.306. The van der Waals surface area contributed by atoms with Crippen molar-refractivity contribution < 1.29 is 19.1 Å². The minimum absolute atomic E-state index is 0.138. The van der Waals surface area contributed by atoms with Crippen molar-refractivity contribution in [3.8, 4) is 11.5 Å². The molecule has 1 aromatic carbocycles. The molecule has 5 heteroatoms. The highest BCUT2D eigenvalue weighted by molar-refractivity contribution is 6.17. The highest BCUT2D eigenvalue weighted by Gasteiger charge is 2.26. The number of hydrogen-bond acceptors (Lipinski definition) is 4. The number of carbonyl (C=O) groups excluding carboxylic acids is 2. The van der Waals surface area contributed by atoms with E-state index in [0.29, 0.717) is 24.5 Å². The van der Waals surface area contributed by atoms with Gasteiger partial charge >= 0.3 is 0 Å². The number of hydrogen-bond donors (Lipinski definition) is 1.